The van der Waals surface area contributed by atoms with Crippen LogP contribution in [0, 0.1) is 6.92 Å². The minimum absolute atomic E-state index is 0.248. The number of anilines is 2. The lowest BCUT2D eigenvalue weighted by molar-refractivity contribution is 0.102. The average Bonchev–Trinajstić information content (AvgIpc) is 2.81. The third kappa shape index (κ3) is 2.68. The van der Waals surface area contributed by atoms with Crippen molar-refractivity contribution in [3.8, 4) is 0 Å². The summed E-state index contributed by atoms with van der Waals surface area (Å²) in [5.41, 5.74) is 8.34. The van der Waals surface area contributed by atoms with E-state index in [1.165, 1.54) is 11.3 Å². The number of hydrogen-bond acceptors (Lipinski definition) is 5. The maximum Gasteiger partial charge on any atom is 0.255 e. The molecule has 0 saturated carbocycles. The number of hydrogen-bond donors (Lipinski definition) is 2. The fraction of sp³-hybridized carbons (Fsp3) is 0.0714. The van der Waals surface area contributed by atoms with E-state index in [0.717, 1.165) is 15.8 Å². The number of nitrogens with one attached hydrogen (secondary N) is 1. The largest absolute Gasteiger partial charge is 0.375 e. The monoisotopic (exact) mass is 318 g/mol. The third-order valence-corrected chi connectivity index (χ3v) is 4.15. The molecule has 2 aromatic heterocycles. The number of carbonyl (C=O) groups is 1. The van der Waals surface area contributed by atoms with Gasteiger partial charge in [0.2, 0.25) is 0 Å². The van der Waals surface area contributed by atoms with E-state index in [1.807, 2.05) is 6.92 Å². The number of amides is 1. The lowest BCUT2D eigenvalue weighted by Gasteiger charge is -2.09. The molecule has 2 heterocycles. The molecule has 5 nitrogen and oxygen atoms in total. The SMILES string of the molecule is Cc1ccnc(Cl)c1NC(=O)c1ccc2nc(N)sc2c1. The van der Waals surface area contributed by atoms with Gasteiger partial charge in [-0.15, -0.1) is 0 Å². The fourth-order valence-corrected chi connectivity index (χ4v) is 2.97. The summed E-state index contributed by atoms with van der Waals surface area (Å²) < 4.78 is 0.870. The van der Waals surface area contributed by atoms with Crippen molar-refractivity contribution in [3.63, 3.8) is 0 Å². The Labute approximate surface area is 129 Å². The smallest absolute Gasteiger partial charge is 0.255 e. The second kappa shape index (κ2) is 5.31. The van der Waals surface area contributed by atoms with Gasteiger partial charge in [0.25, 0.3) is 5.91 Å². The molecule has 0 bridgehead atoms. The fourth-order valence-electron chi connectivity index (χ4n) is 1.94. The van der Waals surface area contributed by atoms with Crippen molar-refractivity contribution in [3.05, 3.63) is 46.7 Å². The summed E-state index contributed by atoms with van der Waals surface area (Å²) >= 11 is 7.35. The highest BCUT2D eigenvalue weighted by molar-refractivity contribution is 7.22. The number of nitrogen functional groups attached to an aromatic ring is 1. The zero-order valence-electron chi connectivity index (χ0n) is 11.1. The van der Waals surface area contributed by atoms with Crippen LogP contribution in [0.2, 0.25) is 5.15 Å². The van der Waals surface area contributed by atoms with Gasteiger partial charge in [0, 0.05) is 11.8 Å². The van der Waals surface area contributed by atoms with E-state index in [1.54, 1.807) is 30.5 Å². The zero-order valence-corrected chi connectivity index (χ0v) is 12.6. The molecule has 106 valence electrons. The number of aryl methyl sites for hydroxylation is 1. The number of carbonyl (C=O) groups excluding carboxylic acids is 1. The van der Waals surface area contributed by atoms with Gasteiger partial charge in [0.1, 0.15) is 0 Å². The molecule has 1 aromatic carbocycles. The molecular weight excluding hydrogens is 308 g/mol. The Morgan fingerprint density at radius 2 is 2.19 bits per heavy atom. The van der Waals surface area contributed by atoms with Crippen molar-refractivity contribution in [2.75, 3.05) is 11.1 Å². The number of fused-ring (bicyclic) bond motifs is 1. The summed E-state index contributed by atoms with van der Waals surface area (Å²) in [6.45, 7) is 1.86. The molecule has 3 rings (SSSR count). The number of nitrogens with two attached hydrogens (primary N) is 1. The molecule has 0 radical (unpaired) electrons. The average molecular weight is 319 g/mol. The molecule has 0 saturated heterocycles. The number of pyridine rings is 1. The van der Waals surface area contributed by atoms with Crippen LogP contribution in [0.25, 0.3) is 10.2 Å². The first-order valence-electron chi connectivity index (χ1n) is 6.13. The quantitative estimate of drug-likeness (QED) is 0.709. The summed E-state index contributed by atoms with van der Waals surface area (Å²) in [6, 6.07) is 7.03. The standard InChI is InChI=1S/C14H11ClN4OS/c1-7-4-5-17-12(15)11(7)19-13(20)8-2-3-9-10(6-8)21-14(16)18-9/h2-6H,1H3,(H2,16,18)(H,19,20). The van der Waals surface area contributed by atoms with Gasteiger partial charge in [-0.05, 0) is 36.8 Å². The lowest BCUT2D eigenvalue weighted by Crippen LogP contribution is -2.13. The first-order valence-corrected chi connectivity index (χ1v) is 7.32. The molecule has 0 unspecified atom stereocenters. The highest BCUT2D eigenvalue weighted by atomic mass is 35.5. The van der Waals surface area contributed by atoms with Gasteiger partial charge < -0.3 is 11.1 Å². The van der Waals surface area contributed by atoms with Crippen molar-refractivity contribution in [2.45, 2.75) is 6.92 Å². The van der Waals surface area contributed by atoms with Crippen molar-refractivity contribution in [2.24, 2.45) is 0 Å². The minimum atomic E-state index is -0.248. The number of halogens is 1. The Kier molecular flexibility index (Phi) is 3.48. The second-order valence-electron chi connectivity index (χ2n) is 4.48. The molecule has 21 heavy (non-hydrogen) atoms. The first kappa shape index (κ1) is 13.8. The molecule has 3 aromatic rings. The van der Waals surface area contributed by atoms with Crippen LogP contribution in [-0.2, 0) is 0 Å². The van der Waals surface area contributed by atoms with Crippen LogP contribution in [-0.4, -0.2) is 15.9 Å². The van der Waals surface area contributed by atoms with E-state index in [0.29, 0.717) is 16.4 Å². The molecule has 0 atom stereocenters. The van der Waals surface area contributed by atoms with Gasteiger partial charge in [0.15, 0.2) is 10.3 Å². The van der Waals surface area contributed by atoms with Crippen molar-refractivity contribution < 1.29 is 4.79 Å². The predicted molar refractivity (Wildman–Crippen MR) is 86.0 cm³/mol. The van der Waals surface area contributed by atoms with Crippen LogP contribution in [0.5, 0.6) is 0 Å². The topological polar surface area (TPSA) is 80.9 Å². The Morgan fingerprint density at radius 1 is 1.38 bits per heavy atom. The van der Waals surface area contributed by atoms with Gasteiger partial charge >= 0.3 is 0 Å². The minimum Gasteiger partial charge on any atom is -0.375 e. The number of rotatable bonds is 2. The Morgan fingerprint density at radius 3 is 2.95 bits per heavy atom. The van der Waals surface area contributed by atoms with E-state index in [4.69, 9.17) is 17.3 Å². The highest BCUT2D eigenvalue weighted by Gasteiger charge is 2.12. The van der Waals surface area contributed by atoms with Gasteiger partial charge in [-0.25, -0.2) is 9.97 Å². The maximum absolute atomic E-state index is 12.3. The zero-order chi connectivity index (χ0) is 15.0. The normalized spacial score (nSPS) is 10.8. The molecule has 0 spiro atoms. The number of aromatic nitrogens is 2. The van der Waals surface area contributed by atoms with Crippen LogP contribution in [0.1, 0.15) is 15.9 Å². The summed E-state index contributed by atoms with van der Waals surface area (Å²) in [5.74, 6) is -0.248. The lowest BCUT2D eigenvalue weighted by atomic mass is 10.2. The molecule has 7 heteroatoms. The molecule has 0 fully saturated rings. The second-order valence-corrected chi connectivity index (χ2v) is 5.90. The maximum atomic E-state index is 12.3. The molecular formula is C14H11ClN4OS. The number of benzene rings is 1. The molecule has 3 N–H and O–H groups in total. The van der Waals surface area contributed by atoms with E-state index in [2.05, 4.69) is 15.3 Å². The van der Waals surface area contributed by atoms with Crippen LogP contribution in [0.4, 0.5) is 10.8 Å². The Hall–Kier alpha value is -2.18. The molecule has 0 aliphatic heterocycles. The van der Waals surface area contributed by atoms with Crippen LogP contribution in [0.3, 0.4) is 0 Å². The summed E-state index contributed by atoms with van der Waals surface area (Å²) in [7, 11) is 0. The number of thiazole rings is 1. The van der Waals surface area contributed by atoms with Gasteiger partial charge in [-0.2, -0.15) is 0 Å². The first-order chi connectivity index (χ1) is 10.0. The van der Waals surface area contributed by atoms with Crippen molar-refractivity contribution >= 4 is 49.9 Å². The Balaban J connectivity index is 1.93. The molecule has 0 aliphatic rings. The van der Waals surface area contributed by atoms with E-state index in [9.17, 15) is 4.79 Å². The molecule has 0 aliphatic carbocycles. The van der Waals surface area contributed by atoms with Crippen molar-refractivity contribution in [1.82, 2.24) is 9.97 Å². The van der Waals surface area contributed by atoms with Gasteiger partial charge in [0.05, 0.1) is 15.9 Å². The van der Waals surface area contributed by atoms with Crippen LogP contribution in [0.15, 0.2) is 30.5 Å². The van der Waals surface area contributed by atoms with Gasteiger partial charge in [-0.3, -0.25) is 4.79 Å². The van der Waals surface area contributed by atoms with Crippen LogP contribution < -0.4 is 11.1 Å². The van der Waals surface area contributed by atoms with Gasteiger partial charge in [-0.1, -0.05) is 22.9 Å². The van der Waals surface area contributed by atoms with E-state index < -0.39 is 0 Å². The summed E-state index contributed by atoms with van der Waals surface area (Å²) in [4.78, 5) is 20.4. The molecule has 1 amide bonds. The third-order valence-electron chi connectivity index (χ3n) is 3.02. The summed E-state index contributed by atoms with van der Waals surface area (Å²) in [5, 5.41) is 3.54. The highest BCUT2D eigenvalue weighted by Crippen LogP contribution is 2.26. The number of nitrogens with zero attached hydrogens (tertiary/aromatic N) is 2. The Bertz CT molecular complexity index is 826. The van der Waals surface area contributed by atoms with Crippen LogP contribution >= 0.6 is 22.9 Å². The van der Waals surface area contributed by atoms with Crippen molar-refractivity contribution in [1.29, 1.82) is 0 Å². The van der Waals surface area contributed by atoms with E-state index >= 15 is 0 Å². The predicted octanol–water partition coefficient (Wildman–Crippen LogP) is 3.49. The summed E-state index contributed by atoms with van der Waals surface area (Å²) in [6.07, 6.45) is 1.60. The van der Waals surface area contributed by atoms with E-state index in [-0.39, 0.29) is 11.1 Å².